The molecule has 1 aliphatic heterocycles. The highest BCUT2D eigenvalue weighted by molar-refractivity contribution is 6.16. The van der Waals surface area contributed by atoms with Gasteiger partial charge in [0.25, 0.3) is 5.91 Å². The fourth-order valence-corrected chi connectivity index (χ4v) is 4.26. The molecule has 0 saturated carbocycles. The Labute approximate surface area is 214 Å². The van der Waals surface area contributed by atoms with Gasteiger partial charge < -0.3 is 19.9 Å². The minimum Gasteiger partial charge on any atom is -0.462 e. The molecule has 2 aromatic carbocycles. The fraction of sp³-hybridized carbons (Fsp3) is 0.214. The van der Waals surface area contributed by atoms with Gasteiger partial charge in [0.15, 0.2) is 0 Å². The van der Waals surface area contributed by atoms with E-state index >= 15 is 0 Å². The quantitative estimate of drug-likeness (QED) is 0.288. The number of imide groups is 1. The maximum Gasteiger partial charge on any atom is 0.338 e. The largest absolute Gasteiger partial charge is 0.462 e. The first-order valence-corrected chi connectivity index (χ1v) is 11.9. The summed E-state index contributed by atoms with van der Waals surface area (Å²) in [6.07, 6.45) is 1.59. The first-order valence-electron chi connectivity index (χ1n) is 11.9. The molecule has 2 heterocycles. The second-order valence-electron chi connectivity index (χ2n) is 8.73. The summed E-state index contributed by atoms with van der Waals surface area (Å²) in [5, 5.41) is 5.27. The molecule has 3 aromatic rings. The number of ether oxygens (including phenoxy) is 1. The predicted molar refractivity (Wildman–Crippen MR) is 139 cm³/mol. The number of aryl methyl sites for hydroxylation is 2. The molecule has 4 rings (SSSR count). The number of aromatic nitrogens is 1. The molecule has 0 aliphatic carbocycles. The monoisotopic (exact) mass is 500 g/mol. The minimum atomic E-state index is -0.661. The smallest absolute Gasteiger partial charge is 0.338 e. The lowest BCUT2D eigenvalue weighted by atomic mass is 10.2. The van der Waals surface area contributed by atoms with Crippen LogP contribution in [0.25, 0.3) is 11.8 Å². The van der Waals surface area contributed by atoms with Gasteiger partial charge in [0, 0.05) is 22.8 Å². The molecule has 4 amide bonds. The molecule has 0 unspecified atom stereocenters. The lowest BCUT2D eigenvalue weighted by Gasteiger charge is -2.12. The maximum absolute atomic E-state index is 13.0. The van der Waals surface area contributed by atoms with Crippen LogP contribution >= 0.6 is 0 Å². The maximum atomic E-state index is 13.0. The van der Waals surface area contributed by atoms with Crippen molar-refractivity contribution < 1.29 is 23.9 Å². The lowest BCUT2D eigenvalue weighted by molar-refractivity contribution is -0.127. The van der Waals surface area contributed by atoms with Gasteiger partial charge in [-0.1, -0.05) is 18.2 Å². The van der Waals surface area contributed by atoms with Crippen LogP contribution in [-0.4, -0.2) is 46.4 Å². The number of hydrogen-bond donors (Lipinski definition) is 2. The second kappa shape index (κ2) is 10.5. The highest BCUT2D eigenvalue weighted by Gasteiger charge is 2.35. The number of urea groups is 1. The third-order valence-electron chi connectivity index (χ3n) is 5.95. The standard InChI is InChI=1S/C28H28N4O5/c1-5-37-27(35)20-9-7-11-23(14-20)32-18(3)13-21(19(32)4)15-24-26(34)31(28(36)30-24)16-25(33)29-22-10-6-8-17(2)12-22/h6-15H,5,16H2,1-4H3,(H,29,33)(H,30,36)/b24-15-. The van der Waals surface area contributed by atoms with Crippen LogP contribution in [0.4, 0.5) is 10.5 Å². The summed E-state index contributed by atoms with van der Waals surface area (Å²) in [5.74, 6) is -1.46. The van der Waals surface area contributed by atoms with Crippen LogP contribution < -0.4 is 10.6 Å². The van der Waals surface area contributed by atoms with Crippen LogP contribution in [0.3, 0.4) is 0 Å². The zero-order chi connectivity index (χ0) is 26.7. The average Bonchev–Trinajstić information content (AvgIpc) is 3.28. The molecule has 9 heteroatoms. The van der Waals surface area contributed by atoms with Gasteiger partial charge in [-0.05, 0) is 81.3 Å². The van der Waals surface area contributed by atoms with E-state index < -0.39 is 30.4 Å². The van der Waals surface area contributed by atoms with Crippen molar-refractivity contribution in [2.24, 2.45) is 0 Å². The lowest BCUT2D eigenvalue weighted by Crippen LogP contribution is -2.38. The Morgan fingerprint density at radius 1 is 1.03 bits per heavy atom. The number of rotatable bonds is 7. The topological polar surface area (TPSA) is 110 Å². The van der Waals surface area contributed by atoms with Gasteiger partial charge >= 0.3 is 12.0 Å². The van der Waals surface area contributed by atoms with Crippen molar-refractivity contribution in [3.05, 3.63) is 88.4 Å². The number of nitrogens with zero attached hydrogens (tertiary/aromatic N) is 2. The zero-order valence-electron chi connectivity index (χ0n) is 21.1. The second-order valence-corrected chi connectivity index (χ2v) is 8.73. The van der Waals surface area contributed by atoms with E-state index in [0.29, 0.717) is 16.8 Å². The van der Waals surface area contributed by atoms with Crippen LogP contribution in [0.5, 0.6) is 0 Å². The molecule has 1 fully saturated rings. The normalized spacial score (nSPS) is 14.2. The molecule has 0 atom stereocenters. The first-order chi connectivity index (χ1) is 17.7. The number of benzene rings is 2. The van der Waals surface area contributed by atoms with Gasteiger partial charge in [-0.25, -0.2) is 14.5 Å². The van der Waals surface area contributed by atoms with Crippen molar-refractivity contribution in [1.82, 2.24) is 14.8 Å². The molecule has 9 nitrogen and oxygen atoms in total. The number of carbonyl (C=O) groups excluding carboxylic acids is 4. The van der Waals surface area contributed by atoms with E-state index in [1.165, 1.54) is 0 Å². The summed E-state index contributed by atoms with van der Waals surface area (Å²) >= 11 is 0. The van der Waals surface area contributed by atoms with E-state index in [0.717, 1.165) is 27.5 Å². The third-order valence-corrected chi connectivity index (χ3v) is 5.95. The number of nitrogens with one attached hydrogen (secondary N) is 2. The Kier molecular flexibility index (Phi) is 7.24. The summed E-state index contributed by atoms with van der Waals surface area (Å²) in [7, 11) is 0. The number of amides is 4. The van der Waals surface area contributed by atoms with Gasteiger partial charge in [-0.15, -0.1) is 0 Å². The molecule has 0 radical (unpaired) electrons. The van der Waals surface area contributed by atoms with E-state index in [-0.39, 0.29) is 12.3 Å². The number of anilines is 1. The van der Waals surface area contributed by atoms with Crippen molar-refractivity contribution in [2.75, 3.05) is 18.5 Å². The van der Waals surface area contributed by atoms with Crippen molar-refractivity contribution in [3.8, 4) is 5.69 Å². The summed E-state index contributed by atoms with van der Waals surface area (Å²) in [6.45, 7) is 7.32. The van der Waals surface area contributed by atoms with E-state index in [1.807, 2.05) is 49.6 Å². The molecule has 2 N–H and O–H groups in total. The third kappa shape index (κ3) is 5.45. The van der Waals surface area contributed by atoms with Gasteiger partial charge in [0.05, 0.1) is 12.2 Å². The molecule has 0 spiro atoms. The molecule has 1 aromatic heterocycles. The summed E-state index contributed by atoms with van der Waals surface area (Å²) in [6, 6.07) is 15.5. The van der Waals surface area contributed by atoms with Crippen LogP contribution in [0.1, 0.15) is 39.8 Å². The van der Waals surface area contributed by atoms with E-state index in [1.54, 1.807) is 43.3 Å². The highest BCUT2D eigenvalue weighted by atomic mass is 16.5. The van der Waals surface area contributed by atoms with Crippen molar-refractivity contribution in [2.45, 2.75) is 27.7 Å². The Morgan fingerprint density at radius 2 is 1.78 bits per heavy atom. The molecular formula is C28H28N4O5. The number of hydrogen-bond acceptors (Lipinski definition) is 5. The number of esters is 1. The summed E-state index contributed by atoms with van der Waals surface area (Å²) in [5.41, 5.74) is 5.24. The van der Waals surface area contributed by atoms with Gasteiger partial charge in [0.2, 0.25) is 5.91 Å². The Bertz CT molecular complexity index is 1440. The Morgan fingerprint density at radius 3 is 2.51 bits per heavy atom. The molecular weight excluding hydrogens is 472 g/mol. The van der Waals surface area contributed by atoms with E-state index in [9.17, 15) is 19.2 Å². The predicted octanol–water partition coefficient (Wildman–Crippen LogP) is 4.11. The molecule has 37 heavy (non-hydrogen) atoms. The molecule has 190 valence electrons. The summed E-state index contributed by atoms with van der Waals surface area (Å²) < 4.78 is 7.05. The zero-order valence-corrected chi connectivity index (χ0v) is 21.1. The van der Waals surface area contributed by atoms with E-state index in [4.69, 9.17) is 4.74 Å². The van der Waals surface area contributed by atoms with Gasteiger partial charge in [-0.3, -0.25) is 9.59 Å². The average molecular weight is 501 g/mol. The highest BCUT2D eigenvalue weighted by Crippen LogP contribution is 2.25. The SMILES string of the molecule is CCOC(=O)c1cccc(-n2c(C)cc(/C=C3\NC(=O)N(CC(=O)Nc4cccc(C)c4)C3=O)c2C)c1. The molecule has 1 aliphatic rings. The Hall–Kier alpha value is -4.66. The van der Waals surface area contributed by atoms with Crippen LogP contribution in [-0.2, 0) is 14.3 Å². The molecule has 0 bridgehead atoms. The van der Waals surface area contributed by atoms with Crippen molar-refractivity contribution >= 4 is 35.6 Å². The van der Waals surface area contributed by atoms with Crippen LogP contribution in [0, 0.1) is 20.8 Å². The van der Waals surface area contributed by atoms with Crippen LogP contribution in [0.15, 0.2) is 60.3 Å². The van der Waals surface area contributed by atoms with Crippen LogP contribution in [0.2, 0.25) is 0 Å². The van der Waals surface area contributed by atoms with E-state index in [2.05, 4.69) is 10.6 Å². The van der Waals surface area contributed by atoms with Crippen molar-refractivity contribution in [1.29, 1.82) is 0 Å². The van der Waals surface area contributed by atoms with Gasteiger partial charge in [-0.2, -0.15) is 0 Å². The van der Waals surface area contributed by atoms with Crippen molar-refractivity contribution in [3.63, 3.8) is 0 Å². The Balaban J connectivity index is 1.54. The molecule has 1 saturated heterocycles. The fourth-order valence-electron chi connectivity index (χ4n) is 4.26. The summed E-state index contributed by atoms with van der Waals surface area (Å²) in [4.78, 5) is 51.0. The number of carbonyl (C=O) groups is 4. The van der Waals surface area contributed by atoms with Gasteiger partial charge in [0.1, 0.15) is 12.2 Å². The first kappa shape index (κ1) is 25.4. The minimum absolute atomic E-state index is 0.0777.